The van der Waals surface area contributed by atoms with Gasteiger partial charge in [0.05, 0.1) is 5.69 Å². The Bertz CT molecular complexity index is 826. The molecule has 1 aromatic carbocycles. The maximum Gasteiger partial charge on any atom is 0.252 e. The van der Waals surface area contributed by atoms with Crippen LogP contribution in [0, 0.1) is 0 Å². The van der Waals surface area contributed by atoms with E-state index >= 15 is 0 Å². The molecule has 3 aliphatic rings. The Morgan fingerprint density at radius 1 is 1.28 bits per heavy atom. The molecule has 1 saturated heterocycles. The Hall–Kier alpha value is -2.54. The van der Waals surface area contributed by atoms with Gasteiger partial charge in [-0.25, -0.2) is 0 Å². The number of amides is 1. The number of ether oxygens (including phenoxy) is 3. The smallest absolute Gasteiger partial charge is 0.252 e. The number of hydrogen-bond donors (Lipinski definition) is 1. The first kappa shape index (κ1) is 14.8. The highest BCUT2D eigenvalue weighted by Gasteiger charge is 2.32. The first-order chi connectivity index (χ1) is 12.3. The normalized spacial score (nSPS) is 21.4. The SMILES string of the molecule is O=C([C@H]1CCCO1)N1CCc2[nH]nc(-c3ccc4c(c3)OCO4)c2C1. The average Bonchev–Trinajstić information content (AvgIpc) is 3.39. The summed E-state index contributed by atoms with van der Waals surface area (Å²) in [5, 5.41) is 7.62. The van der Waals surface area contributed by atoms with Crippen molar-refractivity contribution in [2.75, 3.05) is 19.9 Å². The summed E-state index contributed by atoms with van der Waals surface area (Å²) in [6.07, 6.45) is 2.29. The van der Waals surface area contributed by atoms with Crippen molar-refractivity contribution in [2.24, 2.45) is 0 Å². The molecule has 1 fully saturated rings. The van der Waals surface area contributed by atoms with E-state index in [-0.39, 0.29) is 18.8 Å². The number of nitrogens with zero attached hydrogens (tertiary/aromatic N) is 2. The number of nitrogens with one attached hydrogen (secondary N) is 1. The summed E-state index contributed by atoms with van der Waals surface area (Å²) < 4.78 is 16.4. The molecule has 4 heterocycles. The highest BCUT2D eigenvalue weighted by atomic mass is 16.7. The molecule has 0 aliphatic carbocycles. The van der Waals surface area contributed by atoms with Gasteiger partial charge in [0, 0.05) is 42.9 Å². The van der Waals surface area contributed by atoms with Crippen LogP contribution in [0.25, 0.3) is 11.3 Å². The summed E-state index contributed by atoms with van der Waals surface area (Å²) in [5.74, 6) is 1.58. The maximum absolute atomic E-state index is 12.7. The molecule has 0 bridgehead atoms. The summed E-state index contributed by atoms with van der Waals surface area (Å²) in [5.41, 5.74) is 4.02. The number of H-pyrrole nitrogens is 1. The second kappa shape index (κ2) is 5.77. The van der Waals surface area contributed by atoms with Gasteiger partial charge < -0.3 is 19.1 Å². The van der Waals surface area contributed by atoms with Crippen molar-refractivity contribution in [1.29, 1.82) is 0 Å². The number of hydrogen-bond acceptors (Lipinski definition) is 5. The van der Waals surface area contributed by atoms with Crippen LogP contribution >= 0.6 is 0 Å². The topological polar surface area (TPSA) is 76.7 Å². The van der Waals surface area contributed by atoms with Crippen LogP contribution < -0.4 is 9.47 Å². The fraction of sp³-hybridized carbons (Fsp3) is 0.444. The highest BCUT2D eigenvalue weighted by molar-refractivity contribution is 5.82. The number of rotatable bonds is 2. The minimum atomic E-state index is -0.276. The zero-order valence-electron chi connectivity index (χ0n) is 13.8. The van der Waals surface area contributed by atoms with Gasteiger partial charge in [0.15, 0.2) is 11.5 Å². The summed E-state index contributed by atoms with van der Waals surface area (Å²) in [4.78, 5) is 14.6. The van der Waals surface area contributed by atoms with E-state index in [1.54, 1.807) is 0 Å². The molecule has 5 rings (SSSR count). The molecule has 7 nitrogen and oxygen atoms in total. The van der Waals surface area contributed by atoms with Crippen LogP contribution in [0.5, 0.6) is 11.5 Å². The van der Waals surface area contributed by atoms with Crippen LogP contribution in [0.4, 0.5) is 0 Å². The third-order valence-corrected chi connectivity index (χ3v) is 5.10. The Morgan fingerprint density at radius 3 is 3.08 bits per heavy atom. The van der Waals surface area contributed by atoms with Crippen LogP contribution in [0.1, 0.15) is 24.1 Å². The molecule has 1 aromatic heterocycles. The van der Waals surface area contributed by atoms with E-state index in [0.717, 1.165) is 53.3 Å². The number of benzene rings is 1. The molecule has 1 N–H and O–H groups in total. The quantitative estimate of drug-likeness (QED) is 0.902. The third-order valence-electron chi connectivity index (χ3n) is 5.10. The Morgan fingerprint density at radius 2 is 2.20 bits per heavy atom. The van der Waals surface area contributed by atoms with Crippen molar-refractivity contribution in [2.45, 2.75) is 31.9 Å². The molecule has 3 aliphatic heterocycles. The van der Waals surface area contributed by atoms with E-state index in [0.29, 0.717) is 19.7 Å². The lowest BCUT2D eigenvalue weighted by atomic mass is 10.00. The minimum absolute atomic E-state index is 0.0981. The molecule has 0 saturated carbocycles. The molecule has 1 atom stereocenters. The van der Waals surface area contributed by atoms with Gasteiger partial charge in [-0.05, 0) is 31.0 Å². The summed E-state index contributed by atoms with van der Waals surface area (Å²) in [6.45, 7) is 2.20. The lowest BCUT2D eigenvalue weighted by Gasteiger charge is -2.29. The van der Waals surface area contributed by atoms with Crippen molar-refractivity contribution >= 4 is 5.91 Å². The average molecular weight is 341 g/mol. The largest absolute Gasteiger partial charge is 0.454 e. The van der Waals surface area contributed by atoms with Gasteiger partial charge >= 0.3 is 0 Å². The number of aromatic amines is 1. The highest BCUT2D eigenvalue weighted by Crippen LogP contribution is 2.37. The standard InChI is InChI=1S/C18H19N3O4/c22-18(15-2-1-7-23-15)21-6-5-13-12(9-21)17(20-19-13)11-3-4-14-16(8-11)25-10-24-14/h3-4,8,15H,1-2,5-7,9-10H2,(H,19,20)/t15-/m1/s1. The minimum Gasteiger partial charge on any atom is -0.454 e. The van der Waals surface area contributed by atoms with E-state index < -0.39 is 0 Å². The van der Waals surface area contributed by atoms with Crippen molar-refractivity contribution in [3.63, 3.8) is 0 Å². The molecule has 0 radical (unpaired) electrons. The fourth-order valence-electron chi connectivity index (χ4n) is 3.74. The molecular weight excluding hydrogens is 322 g/mol. The van der Waals surface area contributed by atoms with Crippen molar-refractivity contribution < 1.29 is 19.0 Å². The number of carbonyl (C=O) groups excluding carboxylic acids is 1. The van der Waals surface area contributed by atoms with Crippen LogP contribution in [-0.2, 0) is 22.5 Å². The summed E-state index contributed by atoms with van der Waals surface area (Å²) in [7, 11) is 0. The molecule has 7 heteroatoms. The summed E-state index contributed by atoms with van der Waals surface area (Å²) in [6, 6.07) is 5.82. The lowest BCUT2D eigenvalue weighted by molar-refractivity contribution is -0.141. The van der Waals surface area contributed by atoms with Crippen LogP contribution in [0.2, 0.25) is 0 Å². The van der Waals surface area contributed by atoms with E-state index in [9.17, 15) is 4.79 Å². The summed E-state index contributed by atoms with van der Waals surface area (Å²) >= 11 is 0. The van der Waals surface area contributed by atoms with Gasteiger partial charge in [0.1, 0.15) is 6.10 Å². The molecule has 2 aromatic rings. The van der Waals surface area contributed by atoms with Gasteiger partial charge in [-0.2, -0.15) is 5.10 Å². The van der Waals surface area contributed by atoms with Gasteiger partial charge in [-0.3, -0.25) is 9.89 Å². The first-order valence-electron chi connectivity index (χ1n) is 8.66. The lowest BCUT2D eigenvalue weighted by Crippen LogP contribution is -2.41. The van der Waals surface area contributed by atoms with Crippen LogP contribution in [-0.4, -0.2) is 47.1 Å². The third kappa shape index (κ3) is 2.46. The van der Waals surface area contributed by atoms with E-state index in [1.807, 2.05) is 23.1 Å². The van der Waals surface area contributed by atoms with Gasteiger partial charge in [0.25, 0.3) is 5.91 Å². The molecule has 25 heavy (non-hydrogen) atoms. The Kier molecular flexibility index (Phi) is 3.41. The van der Waals surface area contributed by atoms with Crippen molar-refractivity contribution in [3.05, 3.63) is 29.5 Å². The van der Waals surface area contributed by atoms with Gasteiger partial charge in [-0.15, -0.1) is 0 Å². The first-order valence-corrected chi connectivity index (χ1v) is 8.66. The van der Waals surface area contributed by atoms with Crippen molar-refractivity contribution in [3.8, 4) is 22.8 Å². The Labute approximate surface area is 144 Å². The van der Waals surface area contributed by atoms with Gasteiger partial charge in [0.2, 0.25) is 6.79 Å². The zero-order chi connectivity index (χ0) is 16.8. The van der Waals surface area contributed by atoms with Gasteiger partial charge in [-0.1, -0.05) is 0 Å². The molecule has 0 unspecified atom stereocenters. The van der Waals surface area contributed by atoms with E-state index in [2.05, 4.69) is 10.2 Å². The second-order valence-electron chi connectivity index (χ2n) is 6.61. The second-order valence-corrected chi connectivity index (χ2v) is 6.61. The maximum atomic E-state index is 12.7. The van der Waals surface area contributed by atoms with Crippen LogP contribution in [0.3, 0.4) is 0 Å². The predicted molar refractivity (Wildman–Crippen MR) is 88.2 cm³/mol. The molecule has 0 spiro atoms. The molecular formula is C18H19N3O4. The number of carbonyl (C=O) groups is 1. The zero-order valence-corrected chi connectivity index (χ0v) is 13.8. The molecule has 1 amide bonds. The van der Waals surface area contributed by atoms with E-state index in [4.69, 9.17) is 14.2 Å². The van der Waals surface area contributed by atoms with E-state index in [1.165, 1.54) is 0 Å². The monoisotopic (exact) mass is 341 g/mol. The number of fused-ring (bicyclic) bond motifs is 2. The molecule has 130 valence electrons. The van der Waals surface area contributed by atoms with Crippen molar-refractivity contribution in [1.82, 2.24) is 15.1 Å². The predicted octanol–water partition coefficient (Wildman–Crippen LogP) is 1.87. The van der Waals surface area contributed by atoms with Crippen LogP contribution in [0.15, 0.2) is 18.2 Å². The Balaban J connectivity index is 1.43. The fourth-order valence-corrected chi connectivity index (χ4v) is 3.74. The number of aromatic nitrogens is 2.